The molecule has 1 N–H and O–H groups in total. The van der Waals surface area contributed by atoms with Crippen molar-refractivity contribution in [3.05, 3.63) is 16.7 Å². The Balaban J connectivity index is 0.000000172. The molecule has 8 heteroatoms. The zero-order valence-corrected chi connectivity index (χ0v) is 13.9. The first-order valence-corrected chi connectivity index (χ1v) is 8.52. The molecule has 0 unspecified atom stereocenters. The molecular weight excluding hydrogens is 302 g/mol. The van der Waals surface area contributed by atoms with Crippen molar-refractivity contribution in [2.45, 2.75) is 31.3 Å². The maximum atomic E-state index is 11.3. The number of carbonyl (C=O) groups is 1. The minimum absolute atomic E-state index is 0.194. The summed E-state index contributed by atoms with van der Waals surface area (Å²) in [7, 11) is 1.84. The van der Waals surface area contributed by atoms with Gasteiger partial charge in [-0.15, -0.1) is 0 Å². The van der Waals surface area contributed by atoms with E-state index < -0.39 is 0 Å². The molecule has 1 saturated heterocycles. The van der Waals surface area contributed by atoms with E-state index in [1.807, 2.05) is 25.1 Å². The van der Waals surface area contributed by atoms with E-state index in [-0.39, 0.29) is 5.56 Å². The number of aryl methyl sites for hydroxylation is 1. The van der Waals surface area contributed by atoms with Crippen molar-refractivity contribution in [1.29, 1.82) is 0 Å². The molecule has 2 aromatic rings. The number of fused-ring (bicyclic) bond motifs is 1. The van der Waals surface area contributed by atoms with Crippen molar-refractivity contribution >= 4 is 28.8 Å². The lowest BCUT2D eigenvalue weighted by Crippen LogP contribution is -2.26. The highest BCUT2D eigenvalue weighted by Crippen LogP contribution is 2.15. The first-order valence-electron chi connectivity index (χ1n) is 7.30. The maximum absolute atomic E-state index is 11.3. The second-order valence-corrected chi connectivity index (χ2v) is 5.78. The van der Waals surface area contributed by atoms with Crippen molar-refractivity contribution in [3.8, 4) is 0 Å². The summed E-state index contributed by atoms with van der Waals surface area (Å²) < 4.78 is 1.80. The van der Waals surface area contributed by atoms with Gasteiger partial charge in [0.2, 0.25) is 5.91 Å². The van der Waals surface area contributed by atoms with Crippen molar-refractivity contribution in [2.24, 2.45) is 7.05 Å². The summed E-state index contributed by atoms with van der Waals surface area (Å²) in [5, 5.41) is 0.791. The fourth-order valence-corrected chi connectivity index (χ4v) is 2.91. The number of amides is 1. The molecule has 22 heavy (non-hydrogen) atoms. The number of hydrogen-bond acceptors (Lipinski definition) is 5. The third-order valence-corrected chi connectivity index (χ3v) is 4.30. The Morgan fingerprint density at radius 2 is 2.09 bits per heavy atom. The fourth-order valence-electron chi connectivity index (χ4n) is 2.36. The second-order valence-electron chi connectivity index (χ2n) is 5.00. The fraction of sp³-hybridized carbons (Fsp3) is 0.571. The SMILES string of the molecule is CCC(=O)N1CCCC1.CSc1nc2c(=O)[nH]cnc2n1C. The van der Waals surface area contributed by atoms with Crippen LogP contribution in [0.3, 0.4) is 0 Å². The summed E-state index contributed by atoms with van der Waals surface area (Å²) in [5.74, 6) is 0.313. The summed E-state index contributed by atoms with van der Waals surface area (Å²) in [6, 6.07) is 0. The molecule has 0 bridgehead atoms. The molecule has 0 aromatic carbocycles. The van der Waals surface area contributed by atoms with Crippen LogP contribution in [0.2, 0.25) is 0 Å². The van der Waals surface area contributed by atoms with Gasteiger partial charge in [-0.1, -0.05) is 18.7 Å². The molecular formula is C14H21N5O2S. The van der Waals surface area contributed by atoms with Crippen LogP contribution in [-0.4, -0.2) is 49.7 Å². The smallest absolute Gasteiger partial charge is 0.278 e. The number of aromatic amines is 1. The van der Waals surface area contributed by atoms with Gasteiger partial charge in [-0.25, -0.2) is 9.97 Å². The predicted molar refractivity (Wildman–Crippen MR) is 87.0 cm³/mol. The Kier molecular flexibility index (Phi) is 5.59. The van der Waals surface area contributed by atoms with Gasteiger partial charge in [0, 0.05) is 26.6 Å². The number of likely N-dealkylation sites (tertiary alicyclic amines) is 1. The van der Waals surface area contributed by atoms with Gasteiger partial charge in [-0.05, 0) is 19.1 Å². The molecule has 2 aromatic heterocycles. The van der Waals surface area contributed by atoms with Crippen LogP contribution in [0.4, 0.5) is 0 Å². The van der Waals surface area contributed by atoms with Gasteiger partial charge < -0.3 is 14.5 Å². The highest BCUT2D eigenvalue weighted by molar-refractivity contribution is 7.98. The lowest BCUT2D eigenvalue weighted by molar-refractivity contribution is -0.129. The van der Waals surface area contributed by atoms with Crippen LogP contribution in [0, 0.1) is 0 Å². The molecule has 1 fully saturated rings. The van der Waals surface area contributed by atoms with Crippen LogP contribution in [0.5, 0.6) is 0 Å². The number of hydrogen-bond donors (Lipinski definition) is 1. The Morgan fingerprint density at radius 3 is 2.64 bits per heavy atom. The third-order valence-electron chi connectivity index (χ3n) is 3.57. The Morgan fingerprint density at radius 1 is 1.41 bits per heavy atom. The average Bonchev–Trinajstić information content (AvgIpc) is 3.17. The Labute approximate surface area is 133 Å². The molecule has 3 rings (SSSR count). The number of nitrogens with zero attached hydrogens (tertiary/aromatic N) is 4. The monoisotopic (exact) mass is 323 g/mol. The van der Waals surface area contributed by atoms with Crippen molar-refractivity contribution in [2.75, 3.05) is 19.3 Å². The summed E-state index contributed by atoms with van der Waals surface area (Å²) in [4.78, 5) is 34.8. The zero-order valence-electron chi connectivity index (χ0n) is 13.1. The molecule has 0 atom stereocenters. The van der Waals surface area contributed by atoms with E-state index >= 15 is 0 Å². The number of carbonyl (C=O) groups excluding carboxylic acids is 1. The predicted octanol–water partition coefficient (Wildman–Crippen LogP) is 1.40. The van der Waals surface area contributed by atoms with Gasteiger partial charge in [0.1, 0.15) is 0 Å². The molecule has 1 aliphatic rings. The number of H-pyrrole nitrogens is 1. The van der Waals surface area contributed by atoms with Crippen LogP contribution >= 0.6 is 11.8 Å². The van der Waals surface area contributed by atoms with E-state index in [0.717, 1.165) is 18.2 Å². The number of aromatic nitrogens is 4. The van der Waals surface area contributed by atoms with Crippen molar-refractivity contribution in [3.63, 3.8) is 0 Å². The van der Waals surface area contributed by atoms with Crippen molar-refractivity contribution in [1.82, 2.24) is 24.4 Å². The number of rotatable bonds is 2. The van der Waals surface area contributed by atoms with Gasteiger partial charge in [0.25, 0.3) is 5.56 Å². The maximum Gasteiger partial charge on any atom is 0.278 e. The summed E-state index contributed by atoms with van der Waals surface area (Å²) in [5.41, 5.74) is 0.823. The standard InChI is InChI=1S/C7H8N4OS.C7H13NO/c1-11-5-4(10-7(11)13-2)6(12)9-3-8-5;1-2-7(9)8-5-3-4-6-8/h3H,1-2H3,(H,8,9,12);2-6H2,1H3. The quantitative estimate of drug-likeness (QED) is 0.845. The molecule has 1 aliphatic heterocycles. The molecule has 0 saturated carbocycles. The molecule has 120 valence electrons. The normalized spacial score (nSPS) is 14.0. The zero-order chi connectivity index (χ0) is 16.1. The van der Waals surface area contributed by atoms with E-state index in [1.54, 1.807) is 4.57 Å². The number of nitrogens with one attached hydrogen (secondary N) is 1. The lowest BCUT2D eigenvalue weighted by atomic mass is 10.4. The van der Waals surface area contributed by atoms with Crippen molar-refractivity contribution < 1.29 is 4.79 Å². The van der Waals surface area contributed by atoms with Crippen LogP contribution < -0.4 is 5.56 Å². The topological polar surface area (TPSA) is 83.9 Å². The highest BCUT2D eigenvalue weighted by Gasteiger charge is 2.15. The largest absolute Gasteiger partial charge is 0.343 e. The van der Waals surface area contributed by atoms with E-state index in [1.165, 1.54) is 30.9 Å². The van der Waals surface area contributed by atoms with Gasteiger partial charge in [-0.3, -0.25) is 9.59 Å². The van der Waals surface area contributed by atoms with E-state index in [4.69, 9.17) is 0 Å². The van der Waals surface area contributed by atoms with Crippen LogP contribution in [0.25, 0.3) is 11.2 Å². The van der Waals surface area contributed by atoms with Gasteiger partial charge in [0.05, 0.1) is 6.33 Å². The molecule has 3 heterocycles. The minimum Gasteiger partial charge on any atom is -0.343 e. The molecule has 0 radical (unpaired) electrons. The van der Waals surface area contributed by atoms with Crippen LogP contribution in [0.15, 0.2) is 16.3 Å². The van der Waals surface area contributed by atoms with E-state index in [9.17, 15) is 9.59 Å². The van der Waals surface area contributed by atoms with Gasteiger partial charge in [0.15, 0.2) is 16.3 Å². The van der Waals surface area contributed by atoms with Crippen LogP contribution in [0.1, 0.15) is 26.2 Å². The van der Waals surface area contributed by atoms with Gasteiger partial charge >= 0.3 is 0 Å². The first kappa shape index (κ1) is 16.5. The Bertz CT molecular complexity index is 703. The molecule has 0 aliphatic carbocycles. The summed E-state index contributed by atoms with van der Waals surface area (Å²) >= 11 is 1.49. The number of thioether (sulfide) groups is 1. The minimum atomic E-state index is -0.194. The second kappa shape index (κ2) is 7.44. The van der Waals surface area contributed by atoms with E-state index in [2.05, 4.69) is 15.0 Å². The summed E-state index contributed by atoms with van der Waals surface area (Å²) in [6.45, 7) is 3.90. The summed E-state index contributed by atoms with van der Waals surface area (Å²) in [6.07, 6.45) is 6.36. The highest BCUT2D eigenvalue weighted by atomic mass is 32.2. The molecule has 7 nitrogen and oxygen atoms in total. The lowest BCUT2D eigenvalue weighted by Gasteiger charge is -2.12. The first-order chi connectivity index (χ1) is 10.6. The number of imidazole rings is 1. The average molecular weight is 323 g/mol. The van der Waals surface area contributed by atoms with Gasteiger partial charge in [-0.2, -0.15) is 0 Å². The molecule has 1 amide bonds. The third kappa shape index (κ3) is 3.49. The van der Waals surface area contributed by atoms with E-state index in [0.29, 0.717) is 23.5 Å². The van der Waals surface area contributed by atoms with Crippen LogP contribution in [-0.2, 0) is 11.8 Å². The molecule has 0 spiro atoms. The Hall–Kier alpha value is -1.83.